The van der Waals surface area contributed by atoms with Gasteiger partial charge in [-0.15, -0.1) is 0 Å². The minimum Gasteiger partial charge on any atom is -0.481 e. The van der Waals surface area contributed by atoms with E-state index < -0.39 is 23.5 Å². The van der Waals surface area contributed by atoms with Gasteiger partial charge in [-0.3, -0.25) is 4.79 Å². The zero-order valence-corrected chi connectivity index (χ0v) is 10.6. The maximum atomic E-state index is 13.6. The van der Waals surface area contributed by atoms with Crippen molar-refractivity contribution in [1.82, 2.24) is 4.90 Å². The number of carboxylic acids is 1. The molecule has 1 atom stereocenters. The second kappa shape index (κ2) is 6.10. The van der Waals surface area contributed by atoms with E-state index in [2.05, 4.69) is 4.90 Å². The summed E-state index contributed by atoms with van der Waals surface area (Å²) < 4.78 is 26.5. The Kier molecular flexibility index (Phi) is 4.47. The van der Waals surface area contributed by atoms with Crippen LogP contribution in [0.4, 0.5) is 8.78 Å². The number of hydrogen-bond donors (Lipinski definition) is 1. The van der Waals surface area contributed by atoms with Gasteiger partial charge in [0.2, 0.25) is 0 Å². The highest BCUT2D eigenvalue weighted by atomic mass is 19.1. The topological polar surface area (TPSA) is 40.5 Å². The second-order valence-electron chi connectivity index (χ2n) is 4.89. The predicted octanol–water partition coefficient (Wildman–Crippen LogP) is 2.62. The Morgan fingerprint density at radius 2 is 2.00 bits per heavy atom. The van der Waals surface area contributed by atoms with Crippen LogP contribution in [-0.4, -0.2) is 35.6 Å². The minimum atomic E-state index is -1.07. The molecule has 0 saturated carbocycles. The van der Waals surface area contributed by atoms with Crippen LogP contribution in [0.1, 0.15) is 30.7 Å². The molecule has 1 heterocycles. The summed E-state index contributed by atoms with van der Waals surface area (Å²) in [6.45, 7) is 2.57. The van der Waals surface area contributed by atoms with E-state index in [1.807, 2.05) is 0 Å². The second-order valence-corrected chi connectivity index (χ2v) is 4.89. The third kappa shape index (κ3) is 3.50. The largest absolute Gasteiger partial charge is 0.481 e. The fourth-order valence-electron chi connectivity index (χ4n) is 2.51. The molecular formula is C14H17F2NO2. The molecule has 1 aliphatic heterocycles. The number of halogens is 2. The first-order valence-electron chi connectivity index (χ1n) is 6.48. The predicted molar refractivity (Wildman–Crippen MR) is 67.0 cm³/mol. The normalized spacial score (nSPS) is 17.6. The van der Waals surface area contributed by atoms with Gasteiger partial charge >= 0.3 is 5.97 Å². The molecule has 1 fully saturated rings. The van der Waals surface area contributed by atoms with Crippen molar-refractivity contribution < 1.29 is 18.7 Å². The van der Waals surface area contributed by atoms with Gasteiger partial charge in [0.1, 0.15) is 11.6 Å². The van der Waals surface area contributed by atoms with Gasteiger partial charge in [0.25, 0.3) is 0 Å². The molecule has 19 heavy (non-hydrogen) atoms. The number of aliphatic carboxylic acids is 1. The molecule has 0 amide bonds. The highest BCUT2D eigenvalue weighted by Gasteiger charge is 2.24. The van der Waals surface area contributed by atoms with Crippen LogP contribution >= 0.6 is 0 Å². The van der Waals surface area contributed by atoms with Crippen molar-refractivity contribution in [2.75, 3.05) is 19.6 Å². The number of nitrogens with zero attached hydrogens (tertiary/aromatic N) is 1. The van der Waals surface area contributed by atoms with Crippen LogP contribution in [0.15, 0.2) is 18.2 Å². The van der Waals surface area contributed by atoms with Gasteiger partial charge in [0.15, 0.2) is 0 Å². The first kappa shape index (κ1) is 13.9. The van der Waals surface area contributed by atoms with Crippen LogP contribution in [0.5, 0.6) is 0 Å². The average Bonchev–Trinajstić information content (AvgIpc) is 2.84. The Labute approximate surface area is 110 Å². The summed E-state index contributed by atoms with van der Waals surface area (Å²) in [6.07, 6.45) is 2.60. The monoisotopic (exact) mass is 269 g/mol. The van der Waals surface area contributed by atoms with Crippen molar-refractivity contribution in [3.63, 3.8) is 0 Å². The van der Waals surface area contributed by atoms with Crippen LogP contribution in [0.25, 0.3) is 0 Å². The molecule has 1 aromatic rings. The number of carbonyl (C=O) groups is 1. The van der Waals surface area contributed by atoms with Crippen LogP contribution in [0, 0.1) is 11.6 Å². The number of carboxylic acid groups (broad SMARTS) is 1. The summed E-state index contributed by atoms with van der Waals surface area (Å²) in [7, 11) is 0. The molecule has 1 N–H and O–H groups in total. The van der Waals surface area contributed by atoms with E-state index in [0.717, 1.165) is 38.1 Å². The zero-order chi connectivity index (χ0) is 13.8. The maximum Gasteiger partial charge on any atom is 0.311 e. The van der Waals surface area contributed by atoms with Gasteiger partial charge in [-0.05, 0) is 45.0 Å². The van der Waals surface area contributed by atoms with Gasteiger partial charge in [-0.1, -0.05) is 6.07 Å². The molecule has 1 aromatic carbocycles. The Hall–Kier alpha value is -1.49. The van der Waals surface area contributed by atoms with Gasteiger partial charge in [-0.2, -0.15) is 0 Å². The van der Waals surface area contributed by atoms with E-state index in [1.54, 1.807) is 0 Å². The quantitative estimate of drug-likeness (QED) is 0.893. The van der Waals surface area contributed by atoms with Crippen molar-refractivity contribution in [2.45, 2.75) is 25.2 Å². The number of hydrogen-bond acceptors (Lipinski definition) is 2. The van der Waals surface area contributed by atoms with E-state index >= 15 is 0 Å². The summed E-state index contributed by atoms with van der Waals surface area (Å²) in [4.78, 5) is 13.4. The Bertz CT molecular complexity index is 459. The molecule has 1 saturated heterocycles. The lowest BCUT2D eigenvalue weighted by Gasteiger charge is -2.19. The number of likely N-dealkylation sites (tertiary alicyclic amines) is 1. The minimum absolute atomic E-state index is 0.0631. The number of benzene rings is 1. The van der Waals surface area contributed by atoms with Crippen LogP contribution < -0.4 is 0 Å². The SMILES string of the molecule is O=C(O)C(CCN1CCCC1)c1ccc(F)cc1F. The summed E-state index contributed by atoms with van der Waals surface area (Å²) in [5, 5.41) is 9.22. The molecule has 3 nitrogen and oxygen atoms in total. The van der Waals surface area contributed by atoms with Gasteiger partial charge in [0, 0.05) is 11.6 Å². The van der Waals surface area contributed by atoms with Crippen molar-refractivity contribution in [1.29, 1.82) is 0 Å². The Morgan fingerprint density at radius 1 is 1.32 bits per heavy atom. The molecule has 0 aromatic heterocycles. The van der Waals surface area contributed by atoms with E-state index in [0.29, 0.717) is 13.0 Å². The molecule has 1 aliphatic rings. The average molecular weight is 269 g/mol. The maximum absolute atomic E-state index is 13.6. The summed E-state index contributed by atoms with van der Waals surface area (Å²) in [5.41, 5.74) is 0.0631. The molecule has 0 bridgehead atoms. The van der Waals surface area contributed by atoms with Crippen molar-refractivity contribution in [3.05, 3.63) is 35.4 Å². The van der Waals surface area contributed by atoms with Crippen molar-refractivity contribution in [3.8, 4) is 0 Å². The first-order chi connectivity index (χ1) is 9.08. The summed E-state index contributed by atoms with van der Waals surface area (Å²) >= 11 is 0. The lowest BCUT2D eigenvalue weighted by molar-refractivity contribution is -0.139. The smallest absolute Gasteiger partial charge is 0.311 e. The molecule has 0 aliphatic carbocycles. The molecular weight excluding hydrogens is 252 g/mol. The highest BCUT2D eigenvalue weighted by Crippen LogP contribution is 2.24. The molecule has 0 spiro atoms. The van der Waals surface area contributed by atoms with Crippen molar-refractivity contribution in [2.24, 2.45) is 0 Å². The lowest BCUT2D eigenvalue weighted by atomic mass is 9.95. The van der Waals surface area contributed by atoms with Gasteiger partial charge < -0.3 is 10.0 Å². The van der Waals surface area contributed by atoms with E-state index in [-0.39, 0.29) is 5.56 Å². The highest BCUT2D eigenvalue weighted by molar-refractivity contribution is 5.76. The standard InChI is InChI=1S/C14H17F2NO2/c15-10-3-4-11(13(16)9-10)12(14(18)19)5-8-17-6-1-2-7-17/h3-4,9,12H,1-2,5-8H2,(H,18,19). The van der Waals surface area contributed by atoms with Gasteiger partial charge in [0.05, 0.1) is 5.92 Å². The molecule has 2 rings (SSSR count). The summed E-state index contributed by atoms with van der Waals surface area (Å²) in [6, 6.07) is 3.07. The molecule has 1 unspecified atom stereocenters. The van der Waals surface area contributed by atoms with Crippen LogP contribution in [-0.2, 0) is 4.79 Å². The van der Waals surface area contributed by atoms with Crippen LogP contribution in [0.3, 0.4) is 0 Å². The van der Waals surface area contributed by atoms with E-state index in [4.69, 9.17) is 0 Å². The van der Waals surface area contributed by atoms with Crippen LogP contribution in [0.2, 0.25) is 0 Å². The Balaban J connectivity index is 2.08. The molecule has 0 radical (unpaired) electrons. The zero-order valence-electron chi connectivity index (χ0n) is 10.6. The third-order valence-corrected chi connectivity index (χ3v) is 3.57. The first-order valence-corrected chi connectivity index (χ1v) is 6.48. The summed E-state index contributed by atoms with van der Waals surface area (Å²) in [5.74, 6) is -3.45. The van der Waals surface area contributed by atoms with Gasteiger partial charge in [-0.25, -0.2) is 8.78 Å². The third-order valence-electron chi connectivity index (χ3n) is 3.57. The van der Waals surface area contributed by atoms with Crippen molar-refractivity contribution >= 4 is 5.97 Å². The molecule has 104 valence electrons. The fourth-order valence-corrected chi connectivity index (χ4v) is 2.51. The lowest BCUT2D eigenvalue weighted by Crippen LogP contribution is -2.25. The fraction of sp³-hybridized carbons (Fsp3) is 0.500. The Morgan fingerprint density at radius 3 is 2.58 bits per heavy atom. The van der Waals surface area contributed by atoms with E-state index in [1.165, 1.54) is 6.07 Å². The number of rotatable bonds is 5. The molecule has 5 heteroatoms. The van der Waals surface area contributed by atoms with E-state index in [9.17, 15) is 18.7 Å².